The Morgan fingerprint density at radius 1 is 1.26 bits per heavy atom. The second kappa shape index (κ2) is 5.36. The average Bonchev–Trinajstić information content (AvgIpc) is 2.77. The molecule has 0 radical (unpaired) electrons. The van der Waals surface area contributed by atoms with Crippen LogP contribution in [0.3, 0.4) is 0 Å². The Labute approximate surface area is 116 Å². The van der Waals surface area contributed by atoms with Gasteiger partial charge in [0.15, 0.2) is 5.78 Å². The van der Waals surface area contributed by atoms with Gasteiger partial charge in [-0.25, -0.2) is 4.98 Å². The molecule has 1 heterocycles. The smallest absolute Gasteiger partial charge is 0.189 e. The van der Waals surface area contributed by atoms with E-state index in [1.54, 1.807) is 18.2 Å². The predicted molar refractivity (Wildman–Crippen MR) is 77.8 cm³/mol. The Morgan fingerprint density at radius 3 is 2.58 bits per heavy atom. The molecule has 0 spiro atoms. The Bertz CT molecular complexity index is 656. The number of carbonyl (C=O) groups is 1. The summed E-state index contributed by atoms with van der Waals surface area (Å²) in [6.45, 7) is 5.73. The normalized spacial score (nSPS) is 11.1. The van der Waals surface area contributed by atoms with Gasteiger partial charge in [0.2, 0.25) is 0 Å². The van der Waals surface area contributed by atoms with E-state index in [9.17, 15) is 9.90 Å². The quantitative estimate of drug-likeness (QED) is 0.685. The van der Waals surface area contributed by atoms with E-state index >= 15 is 0 Å². The highest BCUT2D eigenvalue weighted by atomic mass is 32.1. The molecule has 0 aliphatic carbocycles. The molecule has 3 nitrogen and oxygen atoms in total. The molecule has 1 aromatic heterocycles. The molecule has 0 atom stereocenters. The van der Waals surface area contributed by atoms with Crippen molar-refractivity contribution in [3.63, 3.8) is 0 Å². The number of phenols is 1. The SMILES string of the molecule is Cc1nc(/C=C/C(=O)c2cc(C)c(C)cc2O)cs1. The first-order valence-corrected chi connectivity index (χ1v) is 6.80. The van der Waals surface area contributed by atoms with E-state index in [0.29, 0.717) is 5.56 Å². The predicted octanol–water partition coefficient (Wildman–Crippen LogP) is 3.67. The molecule has 2 aromatic rings. The molecule has 4 heteroatoms. The lowest BCUT2D eigenvalue weighted by Gasteiger charge is -2.05. The number of hydrogen-bond donors (Lipinski definition) is 1. The third-order valence-electron chi connectivity index (χ3n) is 2.92. The van der Waals surface area contributed by atoms with Crippen LogP contribution in [0.25, 0.3) is 6.08 Å². The monoisotopic (exact) mass is 273 g/mol. The summed E-state index contributed by atoms with van der Waals surface area (Å²) in [6.07, 6.45) is 3.11. The van der Waals surface area contributed by atoms with Crippen molar-refractivity contribution in [2.75, 3.05) is 0 Å². The van der Waals surface area contributed by atoms with Crippen molar-refractivity contribution in [1.29, 1.82) is 0 Å². The minimum atomic E-state index is -0.216. The molecule has 1 aromatic carbocycles. The van der Waals surface area contributed by atoms with Gasteiger partial charge in [-0.1, -0.05) is 0 Å². The van der Waals surface area contributed by atoms with Crippen LogP contribution in [0.2, 0.25) is 0 Å². The first-order valence-electron chi connectivity index (χ1n) is 5.92. The standard InChI is InChI=1S/C15H15NO2S/c1-9-6-13(15(18)7-10(9)2)14(17)5-4-12-8-19-11(3)16-12/h4-8,18H,1-3H3/b5-4+. The zero-order valence-corrected chi connectivity index (χ0v) is 11.9. The Hall–Kier alpha value is -1.94. The van der Waals surface area contributed by atoms with Crippen LogP contribution in [-0.4, -0.2) is 15.9 Å². The van der Waals surface area contributed by atoms with Crippen molar-refractivity contribution >= 4 is 23.2 Å². The Balaban J connectivity index is 2.25. The maximum Gasteiger partial charge on any atom is 0.189 e. The van der Waals surface area contributed by atoms with Crippen LogP contribution in [0, 0.1) is 20.8 Å². The van der Waals surface area contributed by atoms with Gasteiger partial charge in [0.1, 0.15) is 5.75 Å². The first-order chi connectivity index (χ1) is 8.97. The van der Waals surface area contributed by atoms with E-state index < -0.39 is 0 Å². The highest BCUT2D eigenvalue weighted by molar-refractivity contribution is 7.09. The molecule has 1 N–H and O–H groups in total. The largest absolute Gasteiger partial charge is 0.507 e. The zero-order chi connectivity index (χ0) is 14.0. The molecule has 0 aliphatic heterocycles. The summed E-state index contributed by atoms with van der Waals surface area (Å²) in [5, 5.41) is 12.7. The number of aromatic hydroxyl groups is 1. The van der Waals surface area contributed by atoms with Crippen molar-refractivity contribution in [3.8, 4) is 5.75 Å². The number of ketones is 1. The Kier molecular flexibility index (Phi) is 3.81. The lowest BCUT2D eigenvalue weighted by molar-refractivity contribution is 0.104. The van der Waals surface area contributed by atoms with Gasteiger partial charge >= 0.3 is 0 Å². The van der Waals surface area contributed by atoms with E-state index in [1.807, 2.05) is 26.2 Å². The van der Waals surface area contributed by atoms with Crippen molar-refractivity contribution in [1.82, 2.24) is 4.98 Å². The first kappa shape index (κ1) is 13.5. The highest BCUT2D eigenvalue weighted by Gasteiger charge is 2.10. The number of hydrogen-bond acceptors (Lipinski definition) is 4. The minimum Gasteiger partial charge on any atom is -0.507 e. The number of aryl methyl sites for hydroxylation is 3. The number of aromatic nitrogens is 1. The molecular formula is C15H15NO2S. The molecule has 0 saturated carbocycles. The van der Waals surface area contributed by atoms with Gasteiger partial charge in [-0.15, -0.1) is 11.3 Å². The van der Waals surface area contributed by atoms with Crippen LogP contribution in [-0.2, 0) is 0 Å². The van der Waals surface area contributed by atoms with Crippen LogP contribution in [0.1, 0.15) is 32.2 Å². The van der Waals surface area contributed by atoms with Crippen molar-refractivity contribution in [2.45, 2.75) is 20.8 Å². The summed E-state index contributed by atoms with van der Waals surface area (Å²) in [7, 11) is 0. The maximum atomic E-state index is 12.0. The number of phenolic OH excluding ortho intramolecular Hbond substituents is 1. The fourth-order valence-corrected chi connectivity index (χ4v) is 2.29. The molecule has 0 bridgehead atoms. The summed E-state index contributed by atoms with van der Waals surface area (Å²) in [5.41, 5.74) is 3.04. The fraction of sp³-hybridized carbons (Fsp3) is 0.200. The van der Waals surface area contributed by atoms with Gasteiger partial charge in [0.05, 0.1) is 16.3 Å². The topological polar surface area (TPSA) is 50.2 Å². The van der Waals surface area contributed by atoms with Gasteiger partial charge < -0.3 is 5.11 Å². The van der Waals surface area contributed by atoms with Gasteiger partial charge in [-0.2, -0.15) is 0 Å². The van der Waals surface area contributed by atoms with Crippen molar-refractivity contribution in [3.05, 3.63) is 51.0 Å². The number of nitrogens with zero attached hydrogens (tertiary/aromatic N) is 1. The second-order valence-electron chi connectivity index (χ2n) is 4.44. The number of carbonyl (C=O) groups excluding carboxylic acids is 1. The molecule has 98 valence electrons. The van der Waals surface area contributed by atoms with E-state index in [-0.39, 0.29) is 11.5 Å². The Morgan fingerprint density at radius 2 is 1.95 bits per heavy atom. The van der Waals surface area contributed by atoms with E-state index in [4.69, 9.17) is 0 Å². The fourth-order valence-electron chi connectivity index (χ4n) is 1.71. The molecule has 19 heavy (non-hydrogen) atoms. The number of allylic oxidation sites excluding steroid dienone is 1. The van der Waals surface area contributed by atoms with Gasteiger partial charge in [-0.05, 0) is 56.2 Å². The second-order valence-corrected chi connectivity index (χ2v) is 5.50. The van der Waals surface area contributed by atoms with Gasteiger partial charge in [-0.3, -0.25) is 4.79 Å². The summed E-state index contributed by atoms with van der Waals surface area (Å²) in [4.78, 5) is 16.3. The molecule has 2 rings (SSSR count). The van der Waals surface area contributed by atoms with E-state index in [2.05, 4.69) is 4.98 Å². The van der Waals surface area contributed by atoms with Crippen LogP contribution >= 0.6 is 11.3 Å². The number of benzene rings is 1. The molecule has 0 amide bonds. The maximum absolute atomic E-state index is 12.0. The lowest BCUT2D eigenvalue weighted by atomic mass is 10.0. The summed E-state index contributed by atoms with van der Waals surface area (Å²) in [6, 6.07) is 3.33. The zero-order valence-electron chi connectivity index (χ0n) is 11.1. The van der Waals surface area contributed by atoms with Crippen LogP contribution in [0.4, 0.5) is 0 Å². The third-order valence-corrected chi connectivity index (χ3v) is 3.71. The lowest BCUT2D eigenvalue weighted by Crippen LogP contribution is -1.97. The highest BCUT2D eigenvalue weighted by Crippen LogP contribution is 2.23. The number of thiazole rings is 1. The minimum absolute atomic E-state index is 0.0206. The molecule has 0 aliphatic rings. The van der Waals surface area contributed by atoms with E-state index in [1.165, 1.54) is 17.4 Å². The van der Waals surface area contributed by atoms with Crippen molar-refractivity contribution < 1.29 is 9.90 Å². The van der Waals surface area contributed by atoms with Crippen LogP contribution < -0.4 is 0 Å². The molecular weight excluding hydrogens is 258 g/mol. The van der Waals surface area contributed by atoms with Gasteiger partial charge in [0.25, 0.3) is 0 Å². The average molecular weight is 273 g/mol. The third kappa shape index (κ3) is 3.09. The molecule has 0 fully saturated rings. The van der Waals surface area contributed by atoms with Crippen LogP contribution in [0.15, 0.2) is 23.6 Å². The summed E-state index contributed by atoms with van der Waals surface area (Å²) in [5.74, 6) is -0.196. The van der Waals surface area contributed by atoms with E-state index in [0.717, 1.165) is 21.8 Å². The van der Waals surface area contributed by atoms with Gasteiger partial charge in [0, 0.05) is 5.38 Å². The summed E-state index contributed by atoms with van der Waals surface area (Å²) < 4.78 is 0. The number of rotatable bonds is 3. The molecule has 0 unspecified atom stereocenters. The van der Waals surface area contributed by atoms with Crippen LogP contribution in [0.5, 0.6) is 5.75 Å². The van der Waals surface area contributed by atoms with Crippen molar-refractivity contribution in [2.24, 2.45) is 0 Å². The molecule has 0 saturated heterocycles. The summed E-state index contributed by atoms with van der Waals surface area (Å²) >= 11 is 1.54.